The molecule has 0 amide bonds. The van der Waals surface area contributed by atoms with Crippen LogP contribution in [0.2, 0.25) is 5.02 Å². The zero-order valence-electron chi connectivity index (χ0n) is 15.2. The number of alkyl halides is 3. The molecule has 0 heterocycles. The Kier molecular flexibility index (Phi) is 7.82. The molecule has 0 saturated heterocycles. The second kappa shape index (κ2) is 9.92. The van der Waals surface area contributed by atoms with Crippen molar-refractivity contribution in [2.45, 2.75) is 6.18 Å². The van der Waals surface area contributed by atoms with Crippen LogP contribution in [0.5, 0.6) is 11.5 Å². The van der Waals surface area contributed by atoms with E-state index in [0.717, 1.165) is 36.0 Å². The lowest BCUT2D eigenvalue weighted by molar-refractivity contribution is -0.385. The van der Waals surface area contributed by atoms with Gasteiger partial charge < -0.3 is 9.47 Å². The number of ether oxygens (including phenoxy) is 2. The first kappa shape index (κ1) is 23.6. The Morgan fingerprint density at radius 2 is 1.87 bits per heavy atom. The number of nitro benzene ring substituents is 1. The SMILES string of the molecule is CSC(=O)COCC(=O)c1cc(Oc2ccc(C(F)(F)F)cc2Cl)ccc1[N+](=O)[O-]. The Morgan fingerprint density at radius 1 is 1.17 bits per heavy atom. The Bertz CT molecular complexity index is 983. The molecule has 0 atom stereocenters. The van der Waals surface area contributed by atoms with Crippen molar-refractivity contribution < 1.29 is 37.2 Å². The minimum Gasteiger partial charge on any atom is -0.456 e. The fourth-order valence-electron chi connectivity index (χ4n) is 2.21. The van der Waals surface area contributed by atoms with Gasteiger partial charge >= 0.3 is 6.18 Å². The number of nitro groups is 1. The first-order valence-corrected chi connectivity index (χ1v) is 9.64. The fourth-order valence-corrected chi connectivity index (χ4v) is 2.63. The molecule has 0 spiro atoms. The summed E-state index contributed by atoms with van der Waals surface area (Å²) in [6.07, 6.45) is -3.06. The van der Waals surface area contributed by atoms with Crippen molar-refractivity contribution in [2.24, 2.45) is 0 Å². The van der Waals surface area contributed by atoms with Crippen molar-refractivity contribution in [2.75, 3.05) is 19.5 Å². The monoisotopic (exact) mass is 463 g/mol. The van der Waals surface area contributed by atoms with Crippen LogP contribution in [0.25, 0.3) is 0 Å². The molecule has 2 rings (SSSR count). The zero-order chi connectivity index (χ0) is 22.5. The molecule has 0 aliphatic rings. The van der Waals surface area contributed by atoms with Gasteiger partial charge in [0.15, 0.2) is 5.78 Å². The molecule has 0 N–H and O–H groups in total. The minimum absolute atomic E-state index is 0.0641. The van der Waals surface area contributed by atoms with Gasteiger partial charge in [-0.15, -0.1) is 0 Å². The van der Waals surface area contributed by atoms with Crippen molar-refractivity contribution >= 4 is 39.9 Å². The van der Waals surface area contributed by atoms with Gasteiger partial charge in [-0.2, -0.15) is 13.2 Å². The second-order valence-electron chi connectivity index (χ2n) is 5.67. The molecule has 0 aliphatic carbocycles. The molecule has 2 aromatic carbocycles. The summed E-state index contributed by atoms with van der Waals surface area (Å²) in [6.45, 7) is -0.935. The highest BCUT2D eigenvalue weighted by atomic mass is 35.5. The molecule has 30 heavy (non-hydrogen) atoms. The maximum Gasteiger partial charge on any atom is 0.416 e. The average molecular weight is 464 g/mol. The van der Waals surface area contributed by atoms with Gasteiger partial charge in [-0.25, -0.2) is 0 Å². The number of ketones is 1. The largest absolute Gasteiger partial charge is 0.456 e. The second-order valence-corrected chi connectivity index (χ2v) is 6.94. The molecule has 0 unspecified atom stereocenters. The lowest BCUT2D eigenvalue weighted by atomic mass is 10.1. The molecular formula is C18H13ClF3NO6S. The number of hydrogen-bond acceptors (Lipinski definition) is 7. The number of carbonyl (C=O) groups excluding carboxylic acids is 2. The number of halogens is 4. The summed E-state index contributed by atoms with van der Waals surface area (Å²) < 4.78 is 48.5. The molecule has 0 bridgehead atoms. The Morgan fingerprint density at radius 3 is 2.43 bits per heavy atom. The molecule has 0 saturated carbocycles. The van der Waals surface area contributed by atoms with Crippen LogP contribution in [0.4, 0.5) is 18.9 Å². The molecule has 7 nitrogen and oxygen atoms in total. The third kappa shape index (κ3) is 6.18. The normalized spacial score (nSPS) is 11.2. The summed E-state index contributed by atoms with van der Waals surface area (Å²) in [5.74, 6) is -0.982. The first-order valence-electron chi connectivity index (χ1n) is 8.03. The zero-order valence-corrected chi connectivity index (χ0v) is 16.8. The van der Waals surface area contributed by atoms with Gasteiger partial charge in [-0.05, 0) is 36.6 Å². The van der Waals surface area contributed by atoms with Crippen LogP contribution in [-0.2, 0) is 15.7 Å². The fraction of sp³-hybridized carbons (Fsp3) is 0.222. The van der Waals surface area contributed by atoms with Crippen LogP contribution in [0.3, 0.4) is 0 Å². The van der Waals surface area contributed by atoms with E-state index in [1.807, 2.05) is 0 Å². The van der Waals surface area contributed by atoms with Crippen LogP contribution < -0.4 is 4.74 Å². The first-order chi connectivity index (χ1) is 14.0. The molecule has 0 radical (unpaired) electrons. The Balaban J connectivity index is 2.26. The topological polar surface area (TPSA) is 95.7 Å². The molecule has 0 aliphatic heterocycles. The Hall–Kier alpha value is -2.63. The van der Waals surface area contributed by atoms with Gasteiger partial charge in [0.1, 0.15) is 30.3 Å². The predicted molar refractivity (Wildman–Crippen MR) is 103 cm³/mol. The van der Waals surface area contributed by atoms with E-state index in [1.54, 1.807) is 0 Å². The van der Waals surface area contributed by atoms with Crippen molar-refractivity contribution in [1.29, 1.82) is 0 Å². The van der Waals surface area contributed by atoms with E-state index in [-0.39, 0.29) is 33.8 Å². The van der Waals surface area contributed by atoms with Gasteiger partial charge in [-0.3, -0.25) is 19.7 Å². The predicted octanol–water partition coefficient (Wildman–Crippen LogP) is 5.15. The van der Waals surface area contributed by atoms with Gasteiger partial charge in [0.25, 0.3) is 5.69 Å². The highest BCUT2D eigenvalue weighted by molar-refractivity contribution is 8.13. The molecule has 0 aromatic heterocycles. The van der Waals surface area contributed by atoms with Crippen LogP contribution in [0.1, 0.15) is 15.9 Å². The third-order valence-electron chi connectivity index (χ3n) is 3.63. The van der Waals surface area contributed by atoms with Crippen LogP contribution in [0.15, 0.2) is 36.4 Å². The molecule has 0 fully saturated rings. The molecule has 2 aromatic rings. The average Bonchev–Trinajstić information content (AvgIpc) is 2.68. The van der Waals surface area contributed by atoms with Gasteiger partial charge in [0.2, 0.25) is 5.12 Å². The van der Waals surface area contributed by atoms with Crippen LogP contribution in [0, 0.1) is 10.1 Å². The lowest BCUT2D eigenvalue weighted by Gasteiger charge is -2.12. The maximum absolute atomic E-state index is 12.7. The molecular weight excluding hydrogens is 451 g/mol. The van der Waals surface area contributed by atoms with E-state index in [0.29, 0.717) is 6.07 Å². The number of benzene rings is 2. The summed E-state index contributed by atoms with van der Waals surface area (Å²) >= 11 is 6.73. The summed E-state index contributed by atoms with van der Waals surface area (Å²) in [6, 6.07) is 5.65. The Labute approximate surface area is 177 Å². The summed E-state index contributed by atoms with van der Waals surface area (Å²) in [4.78, 5) is 33.9. The maximum atomic E-state index is 12.7. The number of carbonyl (C=O) groups is 2. The summed E-state index contributed by atoms with van der Waals surface area (Å²) in [5.41, 5.74) is -1.85. The van der Waals surface area contributed by atoms with Gasteiger partial charge in [0.05, 0.1) is 15.5 Å². The number of rotatable bonds is 8. The number of thioether (sulfide) groups is 1. The minimum atomic E-state index is -4.59. The number of Topliss-reactive ketones (excluding diaryl/α,β-unsaturated/α-hetero) is 1. The van der Waals surface area contributed by atoms with E-state index >= 15 is 0 Å². The van der Waals surface area contributed by atoms with Gasteiger partial charge in [-0.1, -0.05) is 23.4 Å². The van der Waals surface area contributed by atoms with Gasteiger partial charge in [0, 0.05) is 6.07 Å². The van der Waals surface area contributed by atoms with Crippen molar-refractivity contribution in [3.8, 4) is 11.5 Å². The van der Waals surface area contributed by atoms with Crippen molar-refractivity contribution in [1.82, 2.24) is 0 Å². The van der Waals surface area contributed by atoms with E-state index in [4.69, 9.17) is 21.1 Å². The number of nitrogens with zero attached hydrogens (tertiary/aromatic N) is 1. The summed E-state index contributed by atoms with van der Waals surface area (Å²) in [7, 11) is 0. The van der Waals surface area contributed by atoms with Crippen LogP contribution >= 0.6 is 23.4 Å². The molecule has 160 valence electrons. The van der Waals surface area contributed by atoms with Crippen LogP contribution in [-0.4, -0.2) is 35.3 Å². The van der Waals surface area contributed by atoms with E-state index < -0.39 is 34.7 Å². The lowest BCUT2D eigenvalue weighted by Crippen LogP contribution is -2.14. The van der Waals surface area contributed by atoms with E-state index in [1.165, 1.54) is 12.3 Å². The quantitative estimate of drug-likeness (QED) is 0.303. The highest BCUT2D eigenvalue weighted by Gasteiger charge is 2.31. The summed E-state index contributed by atoms with van der Waals surface area (Å²) in [5, 5.41) is 10.5. The van der Waals surface area contributed by atoms with E-state index in [2.05, 4.69) is 0 Å². The van der Waals surface area contributed by atoms with E-state index in [9.17, 15) is 32.9 Å². The standard InChI is InChI=1S/C18H13ClF3NO6S/c1-30-17(25)9-28-8-15(24)12-7-11(3-4-14(12)23(26)27)29-16-5-2-10(6-13(16)19)18(20,21)22/h2-7H,8-9H2,1H3. The third-order valence-corrected chi connectivity index (χ3v) is 4.50. The molecule has 12 heteroatoms. The smallest absolute Gasteiger partial charge is 0.416 e. The highest BCUT2D eigenvalue weighted by Crippen LogP contribution is 2.37. The van der Waals surface area contributed by atoms with Crippen molar-refractivity contribution in [3.05, 3.63) is 62.7 Å². The van der Waals surface area contributed by atoms with Crippen molar-refractivity contribution in [3.63, 3.8) is 0 Å². The number of hydrogen-bond donors (Lipinski definition) is 0.